The van der Waals surface area contributed by atoms with E-state index in [1.165, 1.54) is 0 Å². The smallest absolute Gasteiger partial charge is 0.329 e. The highest BCUT2D eigenvalue weighted by Crippen LogP contribution is 2.44. The Morgan fingerprint density at radius 3 is 2.96 bits per heavy atom. The quantitative estimate of drug-likeness (QED) is 0.790. The molecule has 1 aromatic heterocycles. The van der Waals surface area contributed by atoms with Crippen molar-refractivity contribution in [3.8, 4) is 0 Å². The van der Waals surface area contributed by atoms with Gasteiger partial charge in [-0.3, -0.25) is 4.90 Å². The van der Waals surface area contributed by atoms with E-state index in [1.807, 2.05) is 0 Å². The van der Waals surface area contributed by atoms with E-state index in [-0.39, 0.29) is 24.4 Å². The first-order valence-electron chi connectivity index (χ1n) is 9.05. The Morgan fingerprint density at radius 2 is 2.24 bits per heavy atom. The average Bonchev–Trinajstić information content (AvgIpc) is 3.26. The molecule has 2 aliphatic carbocycles. The van der Waals surface area contributed by atoms with Crippen LogP contribution in [0, 0.1) is 0 Å². The van der Waals surface area contributed by atoms with Crippen LogP contribution in [0.4, 0.5) is 0 Å². The zero-order valence-corrected chi connectivity index (χ0v) is 14.5. The molecule has 0 radical (unpaired) electrons. The van der Waals surface area contributed by atoms with Crippen molar-refractivity contribution in [2.24, 2.45) is 0 Å². The van der Waals surface area contributed by atoms with Crippen LogP contribution >= 0.6 is 0 Å². The van der Waals surface area contributed by atoms with Gasteiger partial charge in [-0.25, -0.2) is 4.79 Å². The van der Waals surface area contributed by atoms with Crippen LogP contribution < -0.4 is 0 Å². The minimum atomic E-state index is -0.926. The number of hydrogen-bond donors (Lipinski definition) is 1. The van der Waals surface area contributed by atoms with Gasteiger partial charge in [0.1, 0.15) is 6.61 Å². The lowest BCUT2D eigenvalue weighted by molar-refractivity contribution is -0.148. The Bertz CT molecular complexity index is 632. The van der Waals surface area contributed by atoms with Gasteiger partial charge in [-0.15, -0.1) is 0 Å². The molecule has 3 atom stereocenters. The number of nitrogens with zero attached hydrogens (tertiary/aromatic N) is 3. The summed E-state index contributed by atoms with van der Waals surface area (Å²) in [5.41, 5.74) is -0.178. The molecular weight excluding hydrogens is 326 g/mol. The van der Waals surface area contributed by atoms with Crippen LogP contribution in [-0.4, -0.2) is 64.1 Å². The van der Waals surface area contributed by atoms with Crippen molar-refractivity contribution in [1.82, 2.24) is 15.0 Å². The molecule has 0 unspecified atom stereocenters. The summed E-state index contributed by atoms with van der Waals surface area (Å²) in [5, 5.41) is 12.9. The number of likely N-dealkylation sites (tertiary alicyclic amines) is 1. The minimum Gasteiger partial charge on any atom is -0.480 e. The molecule has 1 saturated heterocycles. The predicted octanol–water partition coefficient (Wildman–Crippen LogP) is 1.56. The molecular formula is C17H25N3O5. The van der Waals surface area contributed by atoms with Gasteiger partial charge in [0.05, 0.1) is 18.2 Å². The Morgan fingerprint density at radius 1 is 1.40 bits per heavy atom. The minimum absolute atomic E-state index is 0.0466. The molecule has 4 rings (SSSR count). The van der Waals surface area contributed by atoms with E-state index in [0.29, 0.717) is 18.4 Å². The van der Waals surface area contributed by atoms with Crippen molar-refractivity contribution in [1.29, 1.82) is 0 Å². The van der Waals surface area contributed by atoms with Crippen LogP contribution in [0.5, 0.6) is 0 Å². The topological polar surface area (TPSA) is 97.9 Å². The molecule has 0 bridgehead atoms. The second kappa shape index (κ2) is 6.66. The van der Waals surface area contributed by atoms with E-state index >= 15 is 0 Å². The highest BCUT2D eigenvalue weighted by Gasteiger charge is 2.51. The first-order chi connectivity index (χ1) is 12.1. The molecule has 2 saturated carbocycles. The molecule has 3 fully saturated rings. The lowest BCUT2D eigenvalue weighted by atomic mass is 9.79. The van der Waals surface area contributed by atoms with Gasteiger partial charge in [0.2, 0.25) is 5.89 Å². The highest BCUT2D eigenvalue weighted by molar-refractivity contribution is 5.68. The number of methoxy groups -OCH3 is 1. The van der Waals surface area contributed by atoms with E-state index in [1.54, 1.807) is 7.11 Å². The number of ether oxygens (including phenoxy) is 2. The van der Waals surface area contributed by atoms with Gasteiger partial charge in [0.25, 0.3) is 0 Å². The first kappa shape index (κ1) is 16.9. The van der Waals surface area contributed by atoms with Crippen molar-refractivity contribution in [3.05, 3.63) is 11.7 Å². The molecule has 138 valence electrons. The molecule has 25 heavy (non-hydrogen) atoms. The van der Waals surface area contributed by atoms with Gasteiger partial charge in [-0.1, -0.05) is 5.16 Å². The van der Waals surface area contributed by atoms with Crippen molar-refractivity contribution in [3.63, 3.8) is 0 Å². The molecule has 0 aromatic carbocycles. The molecule has 3 aliphatic rings. The molecule has 0 amide bonds. The second-order valence-corrected chi connectivity index (χ2v) is 7.43. The molecule has 1 aromatic rings. The van der Waals surface area contributed by atoms with Gasteiger partial charge in [0, 0.05) is 25.6 Å². The number of carboxylic acids is 1. The van der Waals surface area contributed by atoms with E-state index in [4.69, 9.17) is 19.1 Å². The number of aromatic nitrogens is 2. The molecule has 1 N–H and O–H groups in total. The van der Waals surface area contributed by atoms with Gasteiger partial charge in [-0.05, 0) is 38.5 Å². The maximum Gasteiger partial charge on any atom is 0.329 e. The molecule has 0 spiro atoms. The number of aliphatic carboxylic acids is 1. The Hall–Kier alpha value is -1.51. The fraction of sp³-hybridized carbons (Fsp3) is 0.824. The monoisotopic (exact) mass is 351 g/mol. The third-order valence-electron chi connectivity index (χ3n) is 5.86. The zero-order valence-electron chi connectivity index (χ0n) is 14.5. The number of hydrogen-bond acceptors (Lipinski definition) is 7. The van der Waals surface area contributed by atoms with Crippen LogP contribution in [0.1, 0.15) is 56.2 Å². The van der Waals surface area contributed by atoms with Crippen LogP contribution in [-0.2, 0) is 20.8 Å². The van der Waals surface area contributed by atoms with Gasteiger partial charge in [-0.2, -0.15) is 4.98 Å². The summed E-state index contributed by atoms with van der Waals surface area (Å²) in [7, 11) is 1.77. The van der Waals surface area contributed by atoms with Crippen LogP contribution in [0.15, 0.2) is 4.52 Å². The Balaban J connectivity index is 1.43. The lowest BCUT2D eigenvalue weighted by Crippen LogP contribution is -2.51. The fourth-order valence-corrected chi connectivity index (χ4v) is 4.30. The van der Waals surface area contributed by atoms with Gasteiger partial charge >= 0.3 is 5.97 Å². The van der Waals surface area contributed by atoms with Crippen LogP contribution in [0.25, 0.3) is 0 Å². The molecule has 8 nitrogen and oxygen atoms in total. The van der Waals surface area contributed by atoms with E-state index in [0.717, 1.165) is 50.9 Å². The SMILES string of the molecule is CO[C@@]12CC[C@H](OCC(=O)O)C[C@@H]1N(Cc1nc(C3CC3)no1)CC2. The van der Waals surface area contributed by atoms with E-state index < -0.39 is 5.97 Å². The summed E-state index contributed by atoms with van der Waals surface area (Å²) >= 11 is 0. The Kier molecular flexibility index (Phi) is 4.51. The summed E-state index contributed by atoms with van der Waals surface area (Å²) in [4.78, 5) is 17.6. The average molecular weight is 351 g/mol. The third kappa shape index (κ3) is 3.43. The van der Waals surface area contributed by atoms with Gasteiger partial charge in [0.15, 0.2) is 5.82 Å². The fourth-order valence-electron chi connectivity index (χ4n) is 4.30. The maximum absolute atomic E-state index is 10.8. The number of carbonyl (C=O) groups is 1. The van der Waals surface area contributed by atoms with E-state index in [9.17, 15) is 4.79 Å². The van der Waals surface area contributed by atoms with Gasteiger partial charge < -0.3 is 19.1 Å². The number of rotatable bonds is 7. The van der Waals surface area contributed by atoms with Crippen molar-refractivity contribution >= 4 is 5.97 Å². The number of fused-ring (bicyclic) bond motifs is 1. The first-order valence-corrected chi connectivity index (χ1v) is 9.05. The summed E-state index contributed by atoms with van der Waals surface area (Å²) in [5.74, 6) is 1.05. The standard InChI is InChI=1S/C17H25N3O5/c1-23-17-5-4-12(24-10-15(21)22)8-13(17)20(7-6-17)9-14-18-16(19-25-14)11-2-3-11/h11-13H,2-10H2,1H3,(H,21,22)/t12-,13-,17+/m0/s1. The molecule has 8 heteroatoms. The Labute approximate surface area is 146 Å². The van der Waals surface area contributed by atoms with Crippen LogP contribution in [0.3, 0.4) is 0 Å². The van der Waals surface area contributed by atoms with Crippen molar-refractivity contribution in [2.75, 3.05) is 20.3 Å². The van der Waals surface area contributed by atoms with Crippen LogP contribution in [0.2, 0.25) is 0 Å². The predicted molar refractivity (Wildman–Crippen MR) is 86.1 cm³/mol. The second-order valence-electron chi connectivity index (χ2n) is 7.43. The summed E-state index contributed by atoms with van der Waals surface area (Å²) in [6.07, 6.45) is 5.70. The third-order valence-corrected chi connectivity index (χ3v) is 5.86. The maximum atomic E-state index is 10.8. The normalized spacial score (nSPS) is 32.7. The summed E-state index contributed by atoms with van der Waals surface area (Å²) < 4.78 is 16.9. The highest BCUT2D eigenvalue weighted by atomic mass is 16.5. The summed E-state index contributed by atoms with van der Waals surface area (Å²) in [6.45, 7) is 1.28. The summed E-state index contributed by atoms with van der Waals surface area (Å²) in [6, 6.07) is 0.182. The van der Waals surface area contributed by atoms with Crippen molar-refractivity contribution < 1.29 is 23.9 Å². The zero-order chi connectivity index (χ0) is 17.4. The largest absolute Gasteiger partial charge is 0.480 e. The molecule has 1 aliphatic heterocycles. The van der Waals surface area contributed by atoms with Crippen molar-refractivity contribution in [2.45, 2.75) is 68.7 Å². The lowest BCUT2D eigenvalue weighted by Gasteiger charge is -2.43. The molecule has 2 heterocycles. The number of carboxylic acid groups (broad SMARTS) is 1. The van der Waals surface area contributed by atoms with E-state index in [2.05, 4.69) is 15.0 Å².